The minimum absolute atomic E-state index is 0.281. The van der Waals surface area contributed by atoms with Crippen LogP contribution in [0.4, 0.5) is 5.69 Å². The van der Waals surface area contributed by atoms with Gasteiger partial charge < -0.3 is 19.9 Å². The van der Waals surface area contributed by atoms with Gasteiger partial charge in [0.05, 0.1) is 26.2 Å². The summed E-state index contributed by atoms with van der Waals surface area (Å²) in [6.45, 7) is 0. The van der Waals surface area contributed by atoms with Gasteiger partial charge in [-0.15, -0.1) is 0 Å². The molecule has 1 heterocycles. The Kier molecular flexibility index (Phi) is 3.99. The second kappa shape index (κ2) is 5.98. The van der Waals surface area contributed by atoms with Crippen LogP contribution in [0.15, 0.2) is 42.5 Å². The molecule has 1 aliphatic rings. The Morgan fingerprint density at radius 2 is 1.92 bits per heavy atom. The first-order valence-corrected chi connectivity index (χ1v) is 7.38. The number of fused-ring (bicyclic) bond motifs is 1. The van der Waals surface area contributed by atoms with E-state index in [4.69, 9.17) is 9.47 Å². The third-order valence-electron chi connectivity index (χ3n) is 4.12. The zero-order valence-corrected chi connectivity index (χ0v) is 13.3. The first-order valence-electron chi connectivity index (χ1n) is 7.38. The third kappa shape index (κ3) is 2.51. The lowest BCUT2D eigenvalue weighted by Crippen LogP contribution is -2.36. The van der Waals surface area contributed by atoms with Crippen LogP contribution in [0.3, 0.4) is 0 Å². The molecular weight excluding hydrogens is 310 g/mol. The molecule has 0 aromatic heterocycles. The summed E-state index contributed by atoms with van der Waals surface area (Å²) in [4.78, 5) is 24.9. The summed E-state index contributed by atoms with van der Waals surface area (Å²) in [6.07, 6.45) is -0.376. The third-order valence-corrected chi connectivity index (χ3v) is 4.12. The zero-order chi connectivity index (χ0) is 17.3. The summed E-state index contributed by atoms with van der Waals surface area (Å²) in [6, 6.07) is 11.5. The minimum atomic E-state index is -1.89. The predicted octanol–water partition coefficient (Wildman–Crippen LogP) is 2.12. The molecule has 0 aliphatic carbocycles. The van der Waals surface area contributed by atoms with Gasteiger partial charge in [-0.3, -0.25) is 9.59 Å². The summed E-state index contributed by atoms with van der Waals surface area (Å²) >= 11 is 0. The number of rotatable bonds is 5. The number of Topliss-reactive ketones (excluding diaryl/α,β-unsaturated/α-hetero) is 1. The quantitative estimate of drug-likeness (QED) is 0.822. The molecule has 2 aromatic carbocycles. The summed E-state index contributed by atoms with van der Waals surface area (Å²) in [5.74, 6) is -0.130. The normalized spacial score (nSPS) is 18.7. The maximum Gasteiger partial charge on any atom is 0.261 e. The fourth-order valence-electron chi connectivity index (χ4n) is 2.83. The number of ether oxygens (including phenoxy) is 2. The number of benzene rings is 2. The van der Waals surface area contributed by atoms with E-state index in [9.17, 15) is 14.7 Å². The molecule has 2 aromatic rings. The fourth-order valence-corrected chi connectivity index (χ4v) is 2.83. The van der Waals surface area contributed by atoms with E-state index in [2.05, 4.69) is 5.32 Å². The summed E-state index contributed by atoms with van der Waals surface area (Å²) in [5.41, 5.74) is -0.697. The first-order chi connectivity index (χ1) is 11.5. The molecule has 0 spiro atoms. The van der Waals surface area contributed by atoms with Gasteiger partial charge in [0.25, 0.3) is 5.91 Å². The van der Waals surface area contributed by atoms with E-state index >= 15 is 0 Å². The average Bonchev–Trinajstić information content (AvgIpc) is 2.85. The van der Waals surface area contributed by atoms with Crippen molar-refractivity contribution in [2.45, 2.75) is 12.0 Å². The lowest BCUT2D eigenvalue weighted by Gasteiger charge is -2.20. The van der Waals surface area contributed by atoms with Crippen LogP contribution in [0.25, 0.3) is 0 Å². The molecule has 3 rings (SSSR count). The Morgan fingerprint density at radius 1 is 1.17 bits per heavy atom. The fraction of sp³-hybridized carbons (Fsp3) is 0.222. The topological polar surface area (TPSA) is 84.9 Å². The molecular formula is C18H17NO5. The highest BCUT2D eigenvalue weighted by molar-refractivity contribution is 6.10. The monoisotopic (exact) mass is 327 g/mol. The predicted molar refractivity (Wildman–Crippen MR) is 87.5 cm³/mol. The second-order valence-electron chi connectivity index (χ2n) is 5.53. The van der Waals surface area contributed by atoms with Gasteiger partial charge in [-0.05, 0) is 18.2 Å². The van der Waals surface area contributed by atoms with Gasteiger partial charge in [0.2, 0.25) is 0 Å². The molecule has 124 valence electrons. The van der Waals surface area contributed by atoms with Crippen molar-refractivity contribution >= 4 is 17.4 Å². The van der Waals surface area contributed by atoms with Crippen molar-refractivity contribution in [3.8, 4) is 11.5 Å². The number of hydrogen-bond donors (Lipinski definition) is 2. The average molecular weight is 327 g/mol. The molecule has 6 nitrogen and oxygen atoms in total. The van der Waals surface area contributed by atoms with Crippen LogP contribution in [0, 0.1) is 0 Å². The molecule has 0 bridgehead atoms. The Balaban J connectivity index is 1.94. The highest BCUT2D eigenvalue weighted by atomic mass is 16.5. The van der Waals surface area contributed by atoms with Crippen LogP contribution >= 0.6 is 0 Å². The Labute approximate surface area is 139 Å². The molecule has 1 amide bonds. The van der Waals surface area contributed by atoms with E-state index in [1.165, 1.54) is 14.2 Å². The zero-order valence-electron chi connectivity index (χ0n) is 13.3. The number of hydrogen-bond acceptors (Lipinski definition) is 5. The molecule has 6 heteroatoms. The van der Waals surface area contributed by atoms with Gasteiger partial charge in [0.15, 0.2) is 11.4 Å². The number of amides is 1. The summed E-state index contributed by atoms with van der Waals surface area (Å²) in [7, 11) is 2.95. The minimum Gasteiger partial charge on any atom is -0.497 e. The standard InChI is InChI=1S/C18H17NO5/c1-23-11-7-8-12(16(9-11)24-2)15(20)10-18(22)13-5-3-4-6-14(13)19-17(18)21/h3-9,22H,10H2,1-2H3,(H,19,21). The van der Waals surface area contributed by atoms with Gasteiger partial charge in [-0.2, -0.15) is 0 Å². The maximum absolute atomic E-state index is 12.7. The van der Waals surface area contributed by atoms with Gasteiger partial charge in [0, 0.05) is 17.3 Å². The van der Waals surface area contributed by atoms with Gasteiger partial charge >= 0.3 is 0 Å². The molecule has 0 radical (unpaired) electrons. The van der Waals surface area contributed by atoms with Crippen molar-refractivity contribution in [3.63, 3.8) is 0 Å². The lowest BCUT2D eigenvalue weighted by molar-refractivity contribution is -0.133. The molecule has 0 fully saturated rings. The van der Waals surface area contributed by atoms with Crippen LogP contribution in [0.1, 0.15) is 22.3 Å². The van der Waals surface area contributed by atoms with Crippen molar-refractivity contribution < 1.29 is 24.2 Å². The van der Waals surface area contributed by atoms with E-state index in [0.29, 0.717) is 22.7 Å². The SMILES string of the molecule is COc1ccc(C(=O)CC2(O)C(=O)Nc3ccccc32)c(OC)c1. The number of carbonyl (C=O) groups is 2. The van der Waals surface area contributed by atoms with E-state index in [-0.39, 0.29) is 12.0 Å². The number of para-hydroxylation sites is 1. The molecule has 0 saturated heterocycles. The smallest absolute Gasteiger partial charge is 0.261 e. The Morgan fingerprint density at radius 3 is 2.62 bits per heavy atom. The second-order valence-corrected chi connectivity index (χ2v) is 5.53. The van der Waals surface area contributed by atoms with Crippen molar-refractivity contribution in [2.75, 3.05) is 19.5 Å². The highest BCUT2D eigenvalue weighted by Crippen LogP contribution is 2.39. The van der Waals surface area contributed by atoms with Crippen molar-refractivity contribution in [1.29, 1.82) is 0 Å². The van der Waals surface area contributed by atoms with E-state index in [0.717, 1.165) is 0 Å². The van der Waals surface area contributed by atoms with Crippen LogP contribution < -0.4 is 14.8 Å². The Hall–Kier alpha value is -2.86. The highest BCUT2D eigenvalue weighted by Gasteiger charge is 2.46. The molecule has 0 saturated carbocycles. The van der Waals surface area contributed by atoms with Gasteiger partial charge in [-0.1, -0.05) is 18.2 Å². The van der Waals surface area contributed by atoms with Crippen molar-refractivity contribution in [1.82, 2.24) is 0 Å². The molecule has 1 aliphatic heterocycles. The molecule has 24 heavy (non-hydrogen) atoms. The molecule has 1 unspecified atom stereocenters. The van der Waals surface area contributed by atoms with Crippen LogP contribution in [0.2, 0.25) is 0 Å². The largest absolute Gasteiger partial charge is 0.497 e. The lowest BCUT2D eigenvalue weighted by atomic mass is 9.88. The van der Waals surface area contributed by atoms with Crippen LogP contribution in [-0.2, 0) is 10.4 Å². The summed E-state index contributed by atoms with van der Waals surface area (Å²) in [5, 5.41) is 13.4. The number of carbonyl (C=O) groups excluding carboxylic acids is 2. The van der Waals surface area contributed by atoms with Gasteiger partial charge in [0.1, 0.15) is 11.5 Å². The van der Waals surface area contributed by atoms with Crippen molar-refractivity contribution in [3.05, 3.63) is 53.6 Å². The number of anilines is 1. The van der Waals surface area contributed by atoms with E-state index in [1.54, 1.807) is 42.5 Å². The van der Waals surface area contributed by atoms with Gasteiger partial charge in [-0.25, -0.2) is 0 Å². The number of methoxy groups -OCH3 is 2. The van der Waals surface area contributed by atoms with E-state index in [1.807, 2.05) is 0 Å². The van der Waals surface area contributed by atoms with E-state index < -0.39 is 17.3 Å². The van der Waals surface area contributed by atoms with Crippen LogP contribution in [0.5, 0.6) is 11.5 Å². The molecule has 2 N–H and O–H groups in total. The maximum atomic E-state index is 12.7. The van der Waals surface area contributed by atoms with Crippen LogP contribution in [-0.4, -0.2) is 31.0 Å². The first kappa shape index (κ1) is 16.0. The summed E-state index contributed by atoms with van der Waals surface area (Å²) < 4.78 is 10.3. The van der Waals surface area contributed by atoms with Crippen molar-refractivity contribution in [2.24, 2.45) is 0 Å². The number of aliphatic hydroxyl groups is 1. The number of ketones is 1. The molecule has 1 atom stereocenters. The number of nitrogens with one attached hydrogen (secondary N) is 1. The Bertz CT molecular complexity index is 817.